The van der Waals surface area contributed by atoms with Crippen LogP contribution in [0.4, 0.5) is 0 Å². The van der Waals surface area contributed by atoms with Gasteiger partial charge >= 0.3 is 0 Å². The maximum Gasteiger partial charge on any atom is 0.143 e. The standard InChI is InChI=1S/C47H32N4O/c48-29-30-17-19-33(20-18-30)38-12-6-15-42-43-28-35(25-26-44(43)52-45(38)42)37-11-5-13-40-36(10-4-14-41(37)40)32-21-23-34(24-22-32)46(49)51-47-39(16-7-27-50-47)31-8-2-1-3-9-31/h1-28,47,50H,(H2,49,51). The average Bonchev–Trinajstić information content (AvgIpc) is 3.59. The van der Waals surface area contributed by atoms with Crippen molar-refractivity contribution in [2.24, 2.45) is 0 Å². The molecule has 0 spiro atoms. The predicted octanol–water partition coefficient (Wildman–Crippen LogP) is 11.1. The van der Waals surface area contributed by atoms with Crippen LogP contribution in [-0.4, -0.2) is 12.0 Å². The lowest BCUT2D eigenvalue weighted by Gasteiger charge is -2.26. The summed E-state index contributed by atoms with van der Waals surface area (Å²) in [7, 11) is 0. The van der Waals surface area contributed by atoms with E-state index in [1.54, 1.807) is 0 Å². The van der Waals surface area contributed by atoms with Gasteiger partial charge in [0, 0.05) is 27.5 Å². The summed E-state index contributed by atoms with van der Waals surface area (Å²) < 4.78 is 6.45. The van der Waals surface area contributed by atoms with Crippen LogP contribution in [0.2, 0.25) is 0 Å². The van der Waals surface area contributed by atoms with Crippen LogP contribution < -0.4 is 10.6 Å². The number of amidine groups is 1. The zero-order chi connectivity index (χ0) is 35.0. The molecule has 0 amide bonds. The Hall–Kier alpha value is -7.16. The molecule has 0 aliphatic carbocycles. The number of dihydropyridines is 1. The summed E-state index contributed by atoms with van der Waals surface area (Å²) in [5.41, 5.74) is 11.8. The van der Waals surface area contributed by atoms with Crippen LogP contribution in [0.3, 0.4) is 0 Å². The van der Waals surface area contributed by atoms with Gasteiger partial charge in [0.2, 0.25) is 0 Å². The molecule has 9 rings (SSSR count). The van der Waals surface area contributed by atoms with Crippen LogP contribution in [0.25, 0.3) is 71.7 Å². The van der Waals surface area contributed by atoms with E-state index in [9.17, 15) is 5.26 Å². The van der Waals surface area contributed by atoms with E-state index in [-0.39, 0.29) is 6.17 Å². The Morgan fingerprint density at radius 3 is 1.98 bits per heavy atom. The Morgan fingerprint density at radius 1 is 0.615 bits per heavy atom. The van der Waals surface area contributed by atoms with Gasteiger partial charge in [0.25, 0.3) is 0 Å². The van der Waals surface area contributed by atoms with Crippen molar-refractivity contribution in [1.29, 1.82) is 10.7 Å². The molecule has 3 N–H and O–H groups in total. The molecule has 5 heteroatoms. The fourth-order valence-electron chi connectivity index (χ4n) is 7.28. The maximum atomic E-state index is 9.25. The molecule has 7 aromatic carbocycles. The number of hydrogen-bond donors (Lipinski definition) is 3. The SMILES string of the molecule is N#Cc1ccc(-c2cccc3c2oc2ccc(-c4cccc5c(-c6ccc(C(=N)NC7NC=CC=C7c7ccccc7)cc6)cccc45)cc23)cc1. The number of nitrogens with one attached hydrogen (secondary N) is 3. The molecule has 0 bridgehead atoms. The number of furan rings is 1. The third kappa shape index (κ3) is 5.49. The molecule has 0 radical (unpaired) electrons. The smallest absolute Gasteiger partial charge is 0.143 e. The van der Waals surface area contributed by atoms with Crippen molar-refractivity contribution in [1.82, 2.24) is 10.6 Å². The van der Waals surface area contributed by atoms with Gasteiger partial charge in [-0.1, -0.05) is 133 Å². The first-order chi connectivity index (χ1) is 25.6. The number of nitriles is 1. The minimum atomic E-state index is -0.208. The summed E-state index contributed by atoms with van der Waals surface area (Å²) in [6.45, 7) is 0. The van der Waals surface area contributed by atoms with Crippen LogP contribution in [0, 0.1) is 16.7 Å². The van der Waals surface area contributed by atoms with Crippen molar-refractivity contribution in [3.63, 3.8) is 0 Å². The number of benzene rings is 7. The monoisotopic (exact) mass is 668 g/mol. The molecular weight excluding hydrogens is 637 g/mol. The van der Waals surface area contributed by atoms with Crippen molar-refractivity contribution >= 4 is 44.1 Å². The normalized spacial score (nSPS) is 13.8. The van der Waals surface area contributed by atoms with Gasteiger partial charge in [-0.05, 0) is 80.7 Å². The Kier molecular flexibility index (Phi) is 7.68. The Labute approximate surface area is 301 Å². The highest BCUT2D eigenvalue weighted by Gasteiger charge is 2.19. The van der Waals surface area contributed by atoms with Crippen molar-refractivity contribution in [3.8, 4) is 39.4 Å². The number of allylic oxidation sites excluding steroid dienone is 2. The summed E-state index contributed by atoms with van der Waals surface area (Å²) in [6, 6.07) is 53.9. The molecule has 1 unspecified atom stereocenters. The summed E-state index contributed by atoms with van der Waals surface area (Å²) >= 11 is 0. The molecule has 52 heavy (non-hydrogen) atoms. The van der Waals surface area contributed by atoms with Gasteiger partial charge in [-0.3, -0.25) is 5.41 Å². The van der Waals surface area contributed by atoms with Crippen LogP contribution in [-0.2, 0) is 0 Å². The second-order valence-corrected chi connectivity index (χ2v) is 12.9. The summed E-state index contributed by atoms with van der Waals surface area (Å²) in [4.78, 5) is 0. The van der Waals surface area contributed by atoms with Gasteiger partial charge in [-0.15, -0.1) is 0 Å². The fraction of sp³-hybridized carbons (Fsp3) is 0.0213. The van der Waals surface area contributed by atoms with E-state index in [0.717, 1.165) is 77.4 Å². The van der Waals surface area contributed by atoms with Crippen LogP contribution in [0.5, 0.6) is 0 Å². The van der Waals surface area contributed by atoms with E-state index < -0.39 is 0 Å². The van der Waals surface area contributed by atoms with Gasteiger partial charge in [-0.25, -0.2) is 0 Å². The van der Waals surface area contributed by atoms with Gasteiger partial charge < -0.3 is 15.1 Å². The molecule has 8 aromatic rings. The van der Waals surface area contributed by atoms with E-state index in [1.807, 2.05) is 66.9 Å². The minimum Gasteiger partial charge on any atom is -0.455 e. The van der Waals surface area contributed by atoms with E-state index in [4.69, 9.17) is 9.83 Å². The molecule has 2 heterocycles. The molecule has 0 saturated heterocycles. The number of rotatable bonds is 6. The second kappa shape index (κ2) is 12.9. The van der Waals surface area contributed by atoms with Gasteiger partial charge in [0.15, 0.2) is 0 Å². The van der Waals surface area contributed by atoms with Crippen LogP contribution in [0.1, 0.15) is 16.7 Å². The van der Waals surface area contributed by atoms with Gasteiger partial charge in [0.1, 0.15) is 23.2 Å². The zero-order valence-corrected chi connectivity index (χ0v) is 28.1. The summed E-state index contributed by atoms with van der Waals surface area (Å²) in [5, 5.41) is 29.3. The highest BCUT2D eigenvalue weighted by molar-refractivity contribution is 6.12. The fourth-order valence-corrected chi connectivity index (χ4v) is 7.28. The average molecular weight is 669 g/mol. The molecule has 1 aromatic heterocycles. The lowest BCUT2D eigenvalue weighted by Crippen LogP contribution is -2.44. The topological polar surface area (TPSA) is 84.8 Å². The molecular formula is C47H32N4O. The van der Waals surface area contributed by atoms with Crippen molar-refractivity contribution < 1.29 is 4.42 Å². The van der Waals surface area contributed by atoms with E-state index in [1.165, 1.54) is 5.39 Å². The molecule has 1 aliphatic heterocycles. The summed E-state index contributed by atoms with van der Waals surface area (Å²) in [5.74, 6) is 0.354. The van der Waals surface area contributed by atoms with Gasteiger partial charge in [0.05, 0.1) is 11.6 Å². The first-order valence-electron chi connectivity index (χ1n) is 17.3. The minimum absolute atomic E-state index is 0.208. The molecule has 1 aliphatic rings. The quantitative estimate of drug-likeness (QED) is 0.122. The van der Waals surface area contributed by atoms with Gasteiger partial charge in [-0.2, -0.15) is 5.26 Å². The molecule has 246 valence electrons. The molecule has 0 fully saturated rings. The molecule has 1 atom stereocenters. The Morgan fingerprint density at radius 2 is 1.25 bits per heavy atom. The van der Waals surface area contributed by atoms with Crippen molar-refractivity contribution in [2.45, 2.75) is 6.17 Å². The van der Waals surface area contributed by atoms with Crippen LogP contribution >= 0.6 is 0 Å². The zero-order valence-electron chi connectivity index (χ0n) is 28.1. The number of hydrogen-bond acceptors (Lipinski definition) is 4. The number of nitrogens with zero attached hydrogens (tertiary/aromatic N) is 1. The van der Waals surface area contributed by atoms with E-state index >= 15 is 0 Å². The Balaban J connectivity index is 1.02. The second-order valence-electron chi connectivity index (χ2n) is 12.9. The third-order valence-electron chi connectivity index (χ3n) is 9.88. The first kappa shape index (κ1) is 30.9. The molecule has 5 nitrogen and oxygen atoms in total. The lowest BCUT2D eigenvalue weighted by atomic mass is 9.92. The molecule has 0 saturated carbocycles. The maximum absolute atomic E-state index is 9.25. The van der Waals surface area contributed by atoms with E-state index in [0.29, 0.717) is 11.4 Å². The third-order valence-corrected chi connectivity index (χ3v) is 9.88. The first-order valence-corrected chi connectivity index (χ1v) is 17.3. The highest BCUT2D eigenvalue weighted by Crippen LogP contribution is 2.40. The van der Waals surface area contributed by atoms with Crippen LogP contribution in [0.15, 0.2) is 174 Å². The lowest BCUT2D eigenvalue weighted by molar-refractivity contribution is 0.670. The Bertz CT molecular complexity index is 2750. The van der Waals surface area contributed by atoms with Crippen molar-refractivity contribution in [3.05, 3.63) is 187 Å². The highest BCUT2D eigenvalue weighted by atomic mass is 16.3. The summed E-state index contributed by atoms with van der Waals surface area (Å²) in [6.07, 6.45) is 5.76. The van der Waals surface area contributed by atoms with E-state index in [2.05, 4.69) is 120 Å². The number of para-hydroxylation sites is 1. The number of fused-ring (bicyclic) bond motifs is 4. The predicted molar refractivity (Wildman–Crippen MR) is 213 cm³/mol. The van der Waals surface area contributed by atoms with Crippen molar-refractivity contribution in [2.75, 3.05) is 0 Å². The largest absolute Gasteiger partial charge is 0.455 e.